The molecule has 0 spiro atoms. The number of amides is 1. The number of fused-ring (bicyclic) bond motifs is 2. The Bertz CT molecular complexity index is 1350. The molecule has 1 amide bonds. The van der Waals surface area contributed by atoms with E-state index in [2.05, 4.69) is 25.6 Å². The molecule has 2 aliphatic rings. The minimum absolute atomic E-state index is 0.0926. The van der Waals surface area contributed by atoms with Gasteiger partial charge in [0, 0.05) is 48.6 Å². The number of hydrogen-bond acceptors (Lipinski definition) is 6. The maximum Gasteiger partial charge on any atom is 0.255 e. The second kappa shape index (κ2) is 8.79. The number of para-hydroxylation sites is 1. The third kappa shape index (κ3) is 3.76. The zero-order valence-electron chi connectivity index (χ0n) is 18.6. The zero-order chi connectivity index (χ0) is 22.9. The van der Waals surface area contributed by atoms with Crippen molar-refractivity contribution in [1.29, 1.82) is 0 Å². The molecule has 1 aromatic carbocycles. The highest BCUT2D eigenvalue weighted by atomic mass is 16.5. The molecule has 3 aromatic heterocycles. The second-order valence-electron chi connectivity index (χ2n) is 8.56. The van der Waals surface area contributed by atoms with Crippen molar-refractivity contribution in [3.8, 4) is 17.0 Å². The Morgan fingerprint density at radius 2 is 2.12 bits per heavy atom. The lowest BCUT2D eigenvalue weighted by Crippen LogP contribution is -2.31. The Morgan fingerprint density at radius 1 is 1.18 bits per heavy atom. The number of hydrogen-bond donors (Lipinski definition) is 3. The highest BCUT2D eigenvalue weighted by Crippen LogP contribution is 2.41. The lowest BCUT2D eigenvalue weighted by atomic mass is 10.0. The van der Waals surface area contributed by atoms with E-state index in [-0.39, 0.29) is 12.0 Å². The van der Waals surface area contributed by atoms with E-state index in [1.54, 1.807) is 18.6 Å². The van der Waals surface area contributed by atoms with Gasteiger partial charge >= 0.3 is 0 Å². The topological polar surface area (TPSA) is 101 Å². The Labute approximate surface area is 196 Å². The third-order valence-electron chi connectivity index (χ3n) is 6.36. The first-order valence-electron chi connectivity index (χ1n) is 11.6. The van der Waals surface area contributed by atoms with Gasteiger partial charge in [-0.2, -0.15) is 0 Å². The largest absolute Gasteiger partial charge is 0.489 e. The SMILES string of the molecule is O=C1NCCc2[nH]c(-c3ccncc3OCC3CCCO3)c(Nc3cccc4cccnc34)c21. The van der Waals surface area contributed by atoms with Gasteiger partial charge in [0.2, 0.25) is 0 Å². The van der Waals surface area contributed by atoms with Crippen molar-refractivity contribution in [2.45, 2.75) is 25.4 Å². The molecule has 0 radical (unpaired) electrons. The summed E-state index contributed by atoms with van der Waals surface area (Å²) in [6.07, 6.45) is 8.08. The number of aromatic amines is 1. The van der Waals surface area contributed by atoms with Crippen molar-refractivity contribution in [3.63, 3.8) is 0 Å². The first kappa shape index (κ1) is 20.7. The van der Waals surface area contributed by atoms with Crippen LogP contribution in [0.5, 0.6) is 5.75 Å². The molecular formula is C26H25N5O3. The highest BCUT2D eigenvalue weighted by Gasteiger charge is 2.28. The van der Waals surface area contributed by atoms with Gasteiger partial charge in [-0.05, 0) is 31.0 Å². The summed E-state index contributed by atoms with van der Waals surface area (Å²) in [5.41, 5.74) is 5.53. The summed E-state index contributed by atoms with van der Waals surface area (Å²) in [6, 6.07) is 11.8. The number of aromatic nitrogens is 3. The van der Waals surface area contributed by atoms with Crippen molar-refractivity contribution in [2.24, 2.45) is 0 Å². The van der Waals surface area contributed by atoms with Crippen molar-refractivity contribution in [3.05, 3.63) is 66.2 Å². The number of anilines is 2. The smallest absolute Gasteiger partial charge is 0.255 e. The van der Waals surface area contributed by atoms with Gasteiger partial charge < -0.3 is 25.1 Å². The molecule has 4 aromatic rings. The summed E-state index contributed by atoms with van der Waals surface area (Å²) in [7, 11) is 0. The predicted octanol–water partition coefficient (Wildman–Crippen LogP) is 4.21. The van der Waals surface area contributed by atoms with Gasteiger partial charge in [0.15, 0.2) is 0 Å². The summed E-state index contributed by atoms with van der Waals surface area (Å²) in [4.78, 5) is 25.3. The summed E-state index contributed by atoms with van der Waals surface area (Å²) in [5.74, 6) is 0.548. The second-order valence-corrected chi connectivity index (χ2v) is 8.56. The number of rotatable bonds is 6. The number of H-pyrrole nitrogens is 1. The van der Waals surface area contributed by atoms with Gasteiger partial charge in [0.1, 0.15) is 12.4 Å². The highest BCUT2D eigenvalue weighted by molar-refractivity contribution is 6.07. The summed E-state index contributed by atoms with van der Waals surface area (Å²) in [6.45, 7) is 1.84. The van der Waals surface area contributed by atoms with E-state index in [9.17, 15) is 4.79 Å². The van der Waals surface area contributed by atoms with Crippen LogP contribution in [0.15, 0.2) is 55.0 Å². The Kier molecular flexibility index (Phi) is 5.35. The third-order valence-corrected chi connectivity index (χ3v) is 6.36. The maximum absolute atomic E-state index is 12.9. The van der Waals surface area contributed by atoms with Gasteiger partial charge in [0.25, 0.3) is 5.91 Å². The van der Waals surface area contributed by atoms with E-state index in [4.69, 9.17) is 9.47 Å². The first-order valence-corrected chi connectivity index (χ1v) is 11.6. The fraction of sp³-hybridized carbons (Fsp3) is 0.269. The van der Waals surface area contributed by atoms with Crippen LogP contribution in [-0.4, -0.2) is 46.7 Å². The van der Waals surface area contributed by atoms with E-state index in [1.165, 1.54) is 0 Å². The maximum atomic E-state index is 12.9. The van der Waals surface area contributed by atoms with E-state index in [0.29, 0.717) is 30.2 Å². The summed E-state index contributed by atoms with van der Waals surface area (Å²) in [5, 5.41) is 7.51. The van der Waals surface area contributed by atoms with Crippen LogP contribution in [0.1, 0.15) is 28.9 Å². The van der Waals surface area contributed by atoms with Crippen molar-refractivity contribution in [1.82, 2.24) is 20.3 Å². The van der Waals surface area contributed by atoms with Crippen molar-refractivity contribution >= 4 is 28.2 Å². The fourth-order valence-electron chi connectivity index (χ4n) is 4.71. The average Bonchev–Trinajstić information content (AvgIpc) is 3.52. The number of pyridine rings is 2. The number of carbonyl (C=O) groups excluding carboxylic acids is 1. The molecule has 1 saturated heterocycles. The monoisotopic (exact) mass is 455 g/mol. The molecule has 1 unspecified atom stereocenters. The van der Waals surface area contributed by atoms with Crippen LogP contribution in [0, 0.1) is 0 Å². The average molecular weight is 456 g/mol. The van der Waals surface area contributed by atoms with Crippen LogP contribution < -0.4 is 15.4 Å². The fourth-order valence-corrected chi connectivity index (χ4v) is 4.71. The van der Waals surface area contributed by atoms with Crippen LogP contribution in [0.2, 0.25) is 0 Å². The molecule has 0 aliphatic carbocycles. The zero-order valence-corrected chi connectivity index (χ0v) is 18.6. The molecule has 34 heavy (non-hydrogen) atoms. The summed E-state index contributed by atoms with van der Waals surface area (Å²) < 4.78 is 11.9. The Morgan fingerprint density at radius 3 is 3.03 bits per heavy atom. The summed E-state index contributed by atoms with van der Waals surface area (Å²) >= 11 is 0. The molecule has 3 N–H and O–H groups in total. The lowest BCUT2D eigenvalue weighted by Gasteiger charge is -2.17. The molecule has 5 heterocycles. The van der Waals surface area contributed by atoms with E-state index in [0.717, 1.165) is 59.4 Å². The lowest BCUT2D eigenvalue weighted by molar-refractivity contribution is 0.0680. The van der Waals surface area contributed by atoms with Crippen LogP contribution >= 0.6 is 0 Å². The minimum atomic E-state index is -0.102. The quantitative estimate of drug-likeness (QED) is 0.403. The van der Waals surface area contributed by atoms with E-state index in [1.807, 2.05) is 36.4 Å². The molecule has 8 nitrogen and oxygen atoms in total. The van der Waals surface area contributed by atoms with Crippen LogP contribution in [0.4, 0.5) is 11.4 Å². The van der Waals surface area contributed by atoms with Gasteiger partial charge in [-0.3, -0.25) is 14.8 Å². The number of carbonyl (C=O) groups is 1. The van der Waals surface area contributed by atoms with Crippen LogP contribution in [-0.2, 0) is 11.2 Å². The Hall–Kier alpha value is -3.91. The Balaban J connectivity index is 1.44. The molecule has 0 bridgehead atoms. The van der Waals surface area contributed by atoms with Gasteiger partial charge in [-0.25, -0.2) is 0 Å². The molecule has 172 valence electrons. The number of ether oxygens (including phenoxy) is 2. The van der Waals surface area contributed by atoms with Crippen LogP contribution in [0.25, 0.3) is 22.2 Å². The standard InChI is InChI=1S/C26H25N5O3/c32-26-22-19(9-12-29-26)30-24(18-8-11-27-14-21(18)34-15-17-6-3-13-33-17)25(22)31-20-7-1-4-16-5-2-10-28-23(16)20/h1-2,4-5,7-8,10-11,14,17,30-31H,3,6,9,12-13,15H2,(H,29,32). The minimum Gasteiger partial charge on any atom is -0.489 e. The molecule has 2 aliphatic heterocycles. The molecule has 6 rings (SSSR count). The first-order chi connectivity index (χ1) is 16.8. The molecule has 0 saturated carbocycles. The molecule has 1 atom stereocenters. The van der Waals surface area contributed by atoms with Gasteiger partial charge in [-0.1, -0.05) is 18.2 Å². The molecule has 1 fully saturated rings. The number of benzene rings is 1. The predicted molar refractivity (Wildman–Crippen MR) is 130 cm³/mol. The normalized spacial score (nSPS) is 17.4. The van der Waals surface area contributed by atoms with Crippen molar-refractivity contribution in [2.75, 3.05) is 25.1 Å². The molecular weight excluding hydrogens is 430 g/mol. The van der Waals surface area contributed by atoms with E-state index < -0.39 is 0 Å². The van der Waals surface area contributed by atoms with Crippen LogP contribution in [0.3, 0.4) is 0 Å². The van der Waals surface area contributed by atoms with Crippen molar-refractivity contribution < 1.29 is 14.3 Å². The van der Waals surface area contributed by atoms with Gasteiger partial charge in [0.05, 0.1) is 40.4 Å². The molecule has 8 heteroatoms. The van der Waals surface area contributed by atoms with Gasteiger partial charge in [-0.15, -0.1) is 0 Å². The number of nitrogens with zero attached hydrogens (tertiary/aromatic N) is 2. The van der Waals surface area contributed by atoms with E-state index >= 15 is 0 Å². The number of nitrogens with one attached hydrogen (secondary N) is 3.